The molecule has 11 heavy (non-hydrogen) atoms. The van der Waals surface area contributed by atoms with Gasteiger partial charge in [-0.05, 0) is 6.42 Å². The van der Waals surface area contributed by atoms with Crippen LogP contribution >= 0.6 is 0 Å². The number of rotatable bonds is 4. The molecular formula is C6H9F3O2. The van der Waals surface area contributed by atoms with Crippen molar-refractivity contribution in [1.82, 2.24) is 0 Å². The fourth-order valence-electron chi connectivity index (χ4n) is 0.557. The van der Waals surface area contributed by atoms with Gasteiger partial charge in [0.05, 0.1) is 0 Å². The Labute approximate surface area is 62.2 Å². The van der Waals surface area contributed by atoms with E-state index in [0.29, 0.717) is 6.42 Å². The fraction of sp³-hybridized carbons (Fsp3) is 0.833. The van der Waals surface area contributed by atoms with Gasteiger partial charge >= 0.3 is 11.9 Å². The molecule has 0 saturated heterocycles. The standard InChI is InChI=1S/C6H9F3O2/c1-2-3-4-6(7,8)5(10)11-9/h2-4H2,1H3. The van der Waals surface area contributed by atoms with Gasteiger partial charge in [-0.3, -0.25) is 0 Å². The summed E-state index contributed by atoms with van der Waals surface area (Å²) >= 11 is 0. The molecule has 0 aliphatic rings. The molecule has 0 aromatic carbocycles. The lowest BCUT2D eigenvalue weighted by atomic mass is 10.1. The van der Waals surface area contributed by atoms with E-state index in [9.17, 15) is 18.1 Å². The molecule has 0 aromatic heterocycles. The number of carbonyl (C=O) groups excluding carboxylic acids is 1. The number of carbonyl (C=O) groups is 1. The Balaban J connectivity index is 3.88. The zero-order valence-electron chi connectivity index (χ0n) is 6.07. The third-order valence-corrected chi connectivity index (χ3v) is 1.21. The molecule has 0 atom stereocenters. The lowest BCUT2D eigenvalue weighted by molar-refractivity contribution is -0.212. The number of hydrogen-bond donors (Lipinski definition) is 0. The van der Waals surface area contributed by atoms with Crippen LogP contribution in [0.15, 0.2) is 0 Å². The zero-order valence-corrected chi connectivity index (χ0v) is 6.07. The van der Waals surface area contributed by atoms with Crippen LogP contribution in [0.1, 0.15) is 26.2 Å². The number of halogens is 3. The lowest BCUT2D eigenvalue weighted by Crippen LogP contribution is -2.28. The van der Waals surface area contributed by atoms with Gasteiger partial charge in [-0.15, -0.1) is 0 Å². The molecule has 66 valence electrons. The molecule has 0 aliphatic carbocycles. The van der Waals surface area contributed by atoms with Crippen LogP contribution in [0, 0.1) is 0 Å². The summed E-state index contributed by atoms with van der Waals surface area (Å²) in [5.41, 5.74) is 0. The SMILES string of the molecule is CCCCC(F)(F)C(=O)OF. The van der Waals surface area contributed by atoms with E-state index in [-0.39, 0.29) is 6.42 Å². The van der Waals surface area contributed by atoms with E-state index in [4.69, 9.17) is 0 Å². The molecule has 0 unspecified atom stereocenters. The summed E-state index contributed by atoms with van der Waals surface area (Å²) in [6.45, 7) is 1.69. The first-order valence-electron chi connectivity index (χ1n) is 3.25. The van der Waals surface area contributed by atoms with Crippen molar-refractivity contribution in [3.63, 3.8) is 0 Å². The van der Waals surface area contributed by atoms with Crippen molar-refractivity contribution >= 4 is 5.97 Å². The summed E-state index contributed by atoms with van der Waals surface area (Å²) in [4.78, 5) is 12.4. The van der Waals surface area contributed by atoms with Gasteiger partial charge in [0.15, 0.2) is 0 Å². The van der Waals surface area contributed by atoms with Crippen molar-refractivity contribution in [3.8, 4) is 0 Å². The summed E-state index contributed by atoms with van der Waals surface area (Å²) in [5, 5.41) is 0. The maximum atomic E-state index is 12.3. The molecule has 0 aliphatic heterocycles. The van der Waals surface area contributed by atoms with Crippen LogP contribution in [0.25, 0.3) is 0 Å². The third-order valence-electron chi connectivity index (χ3n) is 1.21. The predicted molar refractivity (Wildman–Crippen MR) is 31.7 cm³/mol. The first kappa shape index (κ1) is 10.3. The summed E-state index contributed by atoms with van der Waals surface area (Å²) < 4.78 is 35.6. The van der Waals surface area contributed by atoms with Gasteiger partial charge < -0.3 is 0 Å². The van der Waals surface area contributed by atoms with Gasteiger partial charge in [0.2, 0.25) is 0 Å². The minimum absolute atomic E-state index is 0.169. The van der Waals surface area contributed by atoms with Crippen LogP contribution in [-0.4, -0.2) is 11.9 Å². The first-order valence-corrected chi connectivity index (χ1v) is 3.25. The van der Waals surface area contributed by atoms with E-state index < -0.39 is 18.3 Å². The van der Waals surface area contributed by atoms with Crippen LogP contribution in [0.2, 0.25) is 0 Å². The van der Waals surface area contributed by atoms with Gasteiger partial charge in [-0.25, -0.2) is 9.74 Å². The van der Waals surface area contributed by atoms with Gasteiger partial charge in [0.25, 0.3) is 0 Å². The Kier molecular flexibility index (Phi) is 3.92. The summed E-state index contributed by atoms with van der Waals surface area (Å²) in [5.74, 6) is -5.78. The molecule has 0 spiro atoms. The summed E-state index contributed by atoms with van der Waals surface area (Å²) in [6.07, 6.45) is 0.0313. The molecule has 0 N–H and O–H groups in total. The molecular weight excluding hydrogens is 161 g/mol. The highest BCUT2D eigenvalue weighted by Crippen LogP contribution is 2.22. The topological polar surface area (TPSA) is 26.3 Å². The predicted octanol–water partition coefficient (Wildman–Crippen LogP) is 2.24. The normalized spacial score (nSPS) is 11.3. The highest BCUT2D eigenvalue weighted by molar-refractivity contribution is 5.76. The lowest BCUT2D eigenvalue weighted by Gasteiger charge is -2.09. The number of unbranched alkanes of at least 4 members (excludes halogenated alkanes) is 1. The van der Waals surface area contributed by atoms with Crippen LogP contribution in [0.5, 0.6) is 0 Å². The second-order valence-electron chi connectivity index (χ2n) is 2.17. The van der Waals surface area contributed by atoms with Crippen LogP contribution < -0.4 is 0 Å². The van der Waals surface area contributed by atoms with Crippen LogP contribution in [0.4, 0.5) is 13.3 Å². The van der Waals surface area contributed by atoms with Crippen molar-refractivity contribution in [1.29, 1.82) is 0 Å². The molecule has 5 heteroatoms. The number of hydrogen-bond acceptors (Lipinski definition) is 2. The molecule has 0 heterocycles. The molecule has 0 bridgehead atoms. The van der Waals surface area contributed by atoms with E-state index in [0.717, 1.165) is 0 Å². The maximum Gasteiger partial charge on any atom is 0.417 e. The van der Waals surface area contributed by atoms with Crippen LogP contribution in [0.3, 0.4) is 0 Å². The van der Waals surface area contributed by atoms with Crippen molar-refractivity contribution in [2.45, 2.75) is 32.1 Å². The van der Waals surface area contributed by atoms with Crippen molar-refractivity contribution < 1.29 is 23.0 Å². The highest BCUT2D eigenvalue weighted by Gasteiger charge is 2.40. The maximum absolute atomic E-state index is 12.3. The monoisotopic (exact) mass is 170 g/mol. The molecule has 0 amide bonds. The second kappa shape index (κ2) is 4.20. The Bertz CT molecular complexity index is 136. The van der Waals surface area contributed by atoms with Gasteiger partial charge in [-0.1, -0.05) is 13.3 Å². The average Bonchev–Trinajstić information content (AvgIpc) is 1.99. The fourth-order valence-corrected chi connectivity index (χ4v) is 0.557. The first-order chi connectivity index (χ1) is 5.04. The van der Waals surface area contributed by atoms with Crippen molar-refractivity contribution in [3.05, 3.63) is 0 Å². The molecule has 0 fully saturated rings. The Morgan fingerprint density at radius 2 is 2.09 bits per heavy atom. The summed E-state index contributed by atoms with van der Waals surface area (Å²) in [7, 11) is 0. The van der Waals surface area contributed by atoms with E-state index in [1.54, 1.807) is 6.92 Å². The third kappa shape index (κ3) is 3.25. The number of alkyl halides is 2. The molecule has 0 radical (unpaired) electrons. The highest BCUT2D eigenvalue weighted by atomic mass is 19.3. The summed E-state index contributed by atoms with van der Waals surface area (Å²) in [6, 6.07) is 0. The van der Waals surface area contributed by atoms with E-state index >= 15 is 0 Å². The average molecular weight is 170 g/mol. The van der Waals surface area contributed by atoms with Crippen molar-refractivity contribution in [2.75, 3.05) is 0 Å². The van der Waals surface area contributed by atoms with Crippen molar-refractivity contribution in [2.24, 2.45) is 0 Å². The second-order valence-corrected chi connectivity index (χ2v) is 2.17. The Morgan fingerprint density at radius 3 is 2.45 bits per heavy atom. The zero-order chi connectivity index (χ0) is 8.91. The molecule has 0 rings (SSSR count). The van der Waals surface area contributed by atoms with E-state index in [1.165, 1.54) is 0 Å². The molecule has 0 aromatic rings. The Hall–Kier alpha value is -0.740. The van der Waals surface area contributed by atoms with Gasteiger partial charge in [0.1, 0.15) is 0 Å². The van der Waals surface area contributed by atoms with E-state index in [1.807, 2.05) is 0 Å². The molecule has 0 saturated carbocycles. The quantitative estimate of drug-likeness (QED) is 0.646. The minimum atomic E-state index is -3.68. The largest absolute Gasteiger partial charge is 0.417 e. The Morgan fingerprint density at radius 1 is 1.55 bits per heavy atom. The smallest absolute Gasteiger partial charge is 0.248 e. The van der Waals surface area contributed by atoms with Crippen LogP contribution in [-0.2, 0) is 9.74 Å². The van der Waals surface area contributed by atoms with Gasteiger partial charge in [-0.2, -0.15) is 8.78 Å². The van der Waals surface area contributed by atoms with E-state index in [2.05, 4.69) is 4.94 Å². The van der Waals surface area contributed by atoms with Gasteiger partial charge in [0, 0.05) is 10.9 Å². The molecule has 2 nitrogen and oxygen atoms in total. The minimum Gasteiger partial charge on any atom is -0.248 e.